The highest BCUT2D eigenvalue weighted by molar-refractivity contribution is 6.30. The fourth-order valence-electron chi connectivity index (χ4n) is 3.68. The minimum absolute atomic E-state index is 0. The van der Waals surface area contributed by atoms with Gasteiger partial charge in [-0.3, -0.25) is 9.89 Å². The molecule has 1 fully saturated rings. The average Bonchev–Trinajstić information content (AvgIpc) is 3.19. The topological polar surface area (TPSA) is 126 Å². The summed E-state index contributed by atoms with van der Waals surface area (Å²) in [5.41, 5.74) is 4.54. The van der Waals surface area contributed by atoms with Crippen LogP contribution in [0.3, 0.4) is 0 Å². The zero-order chi connectivity index (χ0) is 19.5. The van der Waals surface area contributed by atoms with Crippen LogP contribution in [0.1, 0.15) is 24.5 Å². The molecule has 0 aliphatic carbocycles. The van der Waals surface area contributed by atoms with E-state index in [1.807, 2.05) is 30.3 Å². The summed E-state index contributed by atoms with van der Waals surface area (Å²) in [5.74, 6) is 0.00203. The Morgan fingerprint density at radius 2 is 1.90 bits per heavy atom. The third kappa shape index (κ3) is 4.79. The van der Waals surface area contributed by atoms with Gasteiger partial charge in [-0.1, -0.05) is 23.7 Å². The van der Waals surface area contributed by atoms with Crippen molar-refractivity contribution in [3.8, 4) is 22.5 Å². The Bertz CT molecular complexity index is 958. The Labute approximate surface area is 185 Å². The summed E-state index contributed by atoms with van der Waals surface area (Å²) in [5, 5.41) is 17.6. The van der Waals surface area contributed by atoms with E-state index in [1.54, 1.807) is 11.1 Å². The number of hydrogen-bond acceptors (Lipinski definition) is 5. The van der Waals surface area contributed by atoms with Crippen LogP contribution in [-0.2, 0) is 4.79 Å². The number of aliphatic hydroxyl groups excluding tert-OH is 1. The number of rotatable bonds is 4. The molecule has 0 unspecified atom stereocenters. The third-order valence-corrected chi connectivity index (χ3v) is 5.39. The molecule has 3 heterocycles. The Kier molecular flexibility index (Phi) is 8.31. The fraction of sp³-hybridized carbons (Fsp3) is 0.300. The molecule has 1 aromatic carbocycles. The van der Waals surface area contributed by atoms with Gasteiger partial charge >= 0.3 is 0 Å². The number of benzene rings is 1. The maximum atomic E-state index is 11.7. The zero-order valence-corrected chi connectivity index (χ0v) is 17.7. The van der Waals surface area contributed by atoms with Crippen LogP contribution in [0, 0.1) is 0 Å². The first-order chi connectivity index (χ1) is 13.7. The number of piperidine rings is 1. The molecule has 1 saturated heterocycles. The van der Waals surface area contributed by atoms with Crippen LogP contribution in [-0.4, -0.2) is 61.3 Å². The summed E-state index contributed by atoms with van der Waals surface area (Å²) in [4.78, 5) is 21.9. The fourth-order valence-corrected chi connectivity index (χ4v) is 3.81. The van der Waals surface area contributed by atoms with E-state index in [2.05, 4.69) is 20.2 Å². The molecule has 0 saturated carbocycles. The average molecular weight is 452 g/mol. The van der Waals surface area contributed by atoms with E-state index in [0.717, 1.165) is 41.1 Å². The van der Waals surface area contributed by atoms with Gasteiger partial charge in [-0.2, -0.15) is 5.10 Å². The van der Waals surface area contributed by atoms with Crippen molar-refractivity contribution in [3.05, 3.63) is 53.6 Å². The first kappa shape index (κ1) is 23.8. The summed E-state index contributed by atoms with van der Waals surface area (Å²) in [6.45, 7) is 0.784. The molecule has 8 nitrogen and oxygen atoms in total. The molecule has 4 rings (SSSR count). The van der Waals surface area contributed by atoms with Crippen molar-refractivity contribution in [1.82, 2.24) is 25.1 Å². The number of carbonyl (C=O) groups is 1. The number of likely N-dealkylation sites (tertiary alicyclic amines) is 1. The Morgan fingerprint density at radius 1 is 1.20 bits per heavy atom. The van der Waals surface area contributed by atoms with E-state index >= 15 is 0 Å². The molecule has 2 aromatic heterocycles. The summed E-state index contributed by atoms with van der Waals surface area (Å²) in [6.07, 6.45) is 4.84. The van der Waals surface area contributed by atoms with Gasteiger partial charge in [0.2, 0.25) is 5.91 Å². The highest BCUT2D eigenvalue weighted by Crippen LogP contribution is 2.39. The quantitative estimate of drug-likeness (QED) is 0.629. The molecule has 0 spiro atoms. The lowest BCUT2D eigenvalue weighted by Gasteiger charge is -2.31. The number of aromatic amines is 1. The molecule has 1 amide bonds. The normalized spacial score (nSPS) is 14.0. The maximum Gasteiger partial charge on any atom is 0.248 e. The van der Waals surface area contributed by atoms with Crippen molar-refractivity contribution in [2.24, 2.45) is 0 Å². The molecule has 10 heteroatoms. The number of halogens is 2. The van der Waals surface area contributed by atoms with E-state index < -0.39 is 6.61 Å². The molecule has 0 atom stereocenters. The van der Waals surface area contributed by atoms with Crippen molar-refractivity contribution in [2.45, 2.75) is 18.8 Å². The Hall–Kier alpha value is -2.52. The van der Waals surface area contributed by atoms with Crippen LogP contribution >= 0.6 is 24.0 Å². The number of hydrogen-bond donors (Lipinski definition) is 2. The minimum atomic E-state index is -0.443. The molecular formula is C20H23Cl2N5O3. The number of H-pyrrole nitrogens is 1. The maximum absolute atomic E-state index is 11.7. The zero-order valence-electron chi connectivity index (χ0n) is 16.1. The van der Waals surface area contributed by atoms with Crippen molar-refractivity contribution in [3.63, 3.8) is 0 Å². The molecule has 3 aromatic rings. The lowest BCUT2D eigenvalue weighted by molar-refractivity contribution is -0.135. The van der Waals surface area contributed by atoms with E-state index in [9.17, 15) is 4.79 Å². The van der Waals surface area contributed by atoms with Gasteiger partial charge in [0.05, 0.1) is 5.69 Å². The van der Waals surface area contributed by atoms with Crippen molar-refractivity contribution in [2.75, 3.05) is 19.7 Å². The summed E-state index contributed by atoms with van der Waals surface area (Å²) < 4.78 is 0. The number of aliphatic hydroxyl groups is 1. The SMILES string of the molecule is Cl.O.O=C(CO)N1CCC(c2[nH]nc(-c3ccc(Cl)cc3)c2-c2ccncn2)CC1. The van der Waals surface area contributed by atoms with Crippen LogP contribution in [0.5, 0.6) is 0 Å². The second-order valence-corrected chi connectivity index (χ2v) is 7.21. The van der Waals surface area contributed by atoms with Gasteiger partial charge in [-0.05, 0) is 31.0 Å². The second kappa shape index (κ2) is 10.5. The predicted octanol–water partition coefficient (Wildman–Crippen LogP) is 2.48. The van der Waals surface area contributed by atoms with Crippen LogP contribution in [0.2, 0.25) is 5.02 Å². The lowest BCUT2D eigenvalue weighted by Crippen LogP contribution is -2.39. The molecule has 4 N–H and O–H groups in total. The standard InChI is InChI=1S/C20H20ClN5O2.ClH.H2O/c21-15-3-1-13(2-4-15)19-18(16-5-8-22-12-23-16)20(25-24-19)14-6-9-26(10-7-14)17(28)11-27;;/h1-5,8,12,14,27H,6-7,9-11H2,(H,24,25);1H;1H2. The highest BCUT2D eigenvalue weighted by Gasteiger charge is 2.28. The van der Waals surface area contributed by atoms with E-state index in [-0.39, 0.29) is 29.7 Å². The number of carbonyl (C=O) groups excluding carboxylic acids is 1. The van der Waals surface area contributed by atoms with E-state index in [1.165, 1.54) is 6.33 Å². The molecule has 0 radical (unpaired) electrons. The van der Waals surface area contributed by atoms with Crippen LogP contribution in [0.4, 0.5) is 0 Å². The Morgan fingerprint density at radius 3 is 2.50 bits per heavy atom. The predicted molar refractivity (Wildman–Crippen MR) is 117 cm³/mol. The molecule has 0 bridgehead atoms. The summed E-state index contributed by atoms with van der Waals surface area (Å²) in [6, 6.07) is 9.44. The molecule has 1 aliphatic rings. The number of nitrogens with one attached hydrogen (secondary N) is 1. The minimum Gasteiger partial charge on any atom is -0.412 e. The smallest absolute Gasteiger partial charge is 0.248 e. The molecular weight excluding hydrogens is 429 g/mol. The first-order valence-electron chi connectivity index (χ1n) is 9.16. The monoisotopic (exact) mass is 451 g/mol. The third-order valence-electron chi connectivity index (χ3n) is 5.14. The molecule has 30 heavy (non-hydrogen) atoms. The largest absolute Gasteiger partial charge is 0.412 e. The van der Waals surface area contributed by atoms with E-state index in [0.29, 0.717) is 18.1 Å². The van der Waals surface area contributed by atoms with Crippen molar-refractivity contribution >= 4 is 29.9 Å². The number of nitrogens with zero attached hydrogens (tertiary/aromatic N) is 4. The number of amides is 1. The molecule has 160 valence electrons. The van der Waals surface area contributed by atoms with Gasteiger partial charge in [-0.15, -0.1) is 12.4 Å². The number of aromatic nitrogens is 4. The van der Waals surface area contributed by atoms with Gasteiger partial charge in [-0.25, -0.2) is 9.97 Å². The molecule has 1 aliphatic heterocycles. The van der Waals surface area contributed by atoms with Crippen molar-refractivity contribution in [1.29, 1.82) is 0 Å². The van der Waals surface area contributed by atoms with Crippen LogP contribution in [0.15, 0.2) is 42.9 Å². The van der Waals surface area contributed by atoms with Gasteiger partial charge in [0.25, 0.3) is 0 Å². The van der Waals surface area contributed by atoms with Gasteiger partial charge in [0.15, 0.2) is 0 Å². The lowest BCUT2D eigenvalue weighted by atomic mass is 9.89. The van der Waals surface area contributed by atoms with Crippen LogP contribution in [0.25, 0.3) is 22.5 Å². The van der Waals surface area contributed by atoms with Gasteiger partial charge < -0.3 is 15.5 Å². The highest BCUT2D eigenvalue weighted by atomic mass is 35.5. The summed E-state index contributed by atoms with van der Waals surface area (Å²) in [7, 11) is 0. The first-order valence-corrected chi connectivity index (χ1v) is 9.54. The van der Waals surface area contributed by atoms with Gasteiger partial charge in [0.1, 0.15) is 18.6 Å². The van der Waals surface area contributed by atoms with Crippen molar-refractivity contribution < 1.29 is 15.4 Å². The van der Waals surface area contributed by atoms with Crippen LogP contribution < -0.4 is 0 Å². The van der Waals surface area contributed by atoms with E-state index in [4.69, 9.17) is 16.7 Å². The second-order valence-electron chi connectivity index (χ2n) is 6.78. The van der Waals surface area contributed by atoms with Gasteiger partial charge in [0, 0.05) is 47.0 Å². The Balaban J connectivity index is 0.00000160. The summed E-state index contributed by atoms with van der Waals surface area (Å²) >= 11 is 6.04.